The number of rotatable bonds is 1. The minimum absolute atomic E-state index is 0.0177. The van der Waals surface area contributed by atoms with E-state index in [1.54, 1.807) is 0 Å². The molecule has 0 amide bonds. The maximum absolute atomic E-state index is 15.2. The van der Waals surface area contributed by atoms with Gasteiger partial charge in [-0.1, -0.05) is 13.0 Å². The fourth-order valence-electron chi connectivity index (χ4n) is 5.99. The lowest BCUT2D eigenvalue weighted by Crippen LogP contribution is -2.51. The van der Waals surface area contributed by atoms with Crippen LogP contribution < -0.4 is 0 Å². The molecular formula is C20H25FO3. The molecule has 24 heavy (non-hydrogen) atoms. The van der Waals surface area contributed by atoms with Crippen molar-refractivity contribution in [2.24, 2.45) is 29.1 Å². The Hall–Kier alpha value is -1.45. The number of carbonyl (C=O) groups is 2. The quantitative estimate of drug-likeness (QED) is 0.678. The molecule has 130 valence electrons. The highest BCUT2D eigenvalue weighted by molar-refractivity contribution is 5.87. The number of alkyl halides is 1. The number of halogens is 1. The van der Waals surface area contributed by atoms with Crippen LogP contribution in [0.25, 0.3) is 0 Å². The predicted octanol–water partition coefficient (Wildman–Crippen LogP) is 4.13. The van der Waals surface area contributed by atoms with E-state index in [4.69, 9.17) is 4.74 Å². The van der Waals surface area contributed by atoms with Crippen LogP contribution in [0.4, 0.5) is 4.39 Å². The summed E-state index contributed by atoms with van der Waals surface area (Å²) in [5, 5.41) is 0. The smallest absolute Gasteiger partial charge is 0.307 e. The molecule has 0 radical (unpaired) electrons. The van der Waals surface area contributed by atoms with E-state index in [-0.39, 0.29) is 29.5 Å². The largest absolute Gasteiger partial charge is 0.431 e. The summed E-state index contributed by atoms with van der Waals surface area (Å²) in [6, 6.07) is 0. The number of fused-ring (bicyclic) bond motifs is 5. The summed E-state index contributed by atoms with van der Waals surface area (Å²) in [7, 11) is 0. The van der Waals surface area contributed by atoms with Gasteiger partial charge in [-0.25, -0.2) is 4.39 Å². The first kappa shape index (κ1) is 16.0. The second kappa shape index (κ2) is 5.53. The molecule has 3 nitrogen and oxygen atoms in total. The van der Waals surface area contributed by atoms with Gasteiger partial charge in [0.25, 0.3) is 0 Å². The third-order valence-electron chi connectivity index (χ3n) is 7.01. The summed E-state index contributed by atoms with van der Waals surface area (Å²) >= 11 is 0. The molecular weight excluding hydrogens is 307 g/mol. The summed E-state index contributed by atoms with van der Waals surface area (Å²) in [4.78, 5) is 23.5. The lowest BCUT2D eigenvalue weighted by Gasteiger charge is -2.52. The van der Waals surface area contributed by atoms with E-state index in [2.05, 4.69) is 6.08 Å². The number of esters is 1. The maximum atomic E-state index is 15.2. The Labute approximate surface area is 142 Å². The minimum Gasteiger partial charge on any atom is -0.431 e. The molecule has 0 bridgehead atoms. The Morgan fingerprint density at radius 1 is 1.33 bits per heavy atom. The van der Waals surface area contributed by atoms with Crippen molar-refractivity contribution in [3.8, 4) is 0 Å². The van der Waals surface area contributed by atoms with Crippen LogP contribution in [0.5, 0.6) is 0 Å². The lowest BCUT2D eigenvalue weighted by atomic mass is 9.53. The monoisotopic (exact) mass is 332 g/mol. The molecule has 0 spiro atoms. The van der Waals surface area contributed by atoms with Gasteiger partial charge in [0, 0.05) is 31.1 Å². The number of allylic oxidation sites excluding steroid dienone is 4. The summed E-state index contributed by atoms with van der Waals surface area (Å²) in [6.07, 6.45) is 7.55. The first-order valence-electron chi connectivity index (χ1n) is 9.16. The molecule has 0 heterocycles. The van der Waals surface area contributed by atoms with Crippen molar-refractivity contribution in [3.05, 3.63) is 23.5 Å². The van der Waals surface area contributed by atoms with Crippen molar-refractivity contribution >= 4 is 11.8 Å². The van der Waals surface area contributed by atoms with Gasteiger partial charge in [-0.3, -0.25) is 9.59 Å². The summed E-state index contributed by atoms with van der Waals surface area (Å²) in [6.45, 7) is 3.41. The molecule has 2 fully saturated rings. The highest BCUT2D eigenvalue weighted by atomic mass is 19.1. The van der Waals surface area contributed by atoms with Crippen LogP contribution >= 0.6 is 0 Å². The third-order valence-corrected chi connectivity index (χ3v) is 7.01. The van der Waals surface area contributed by atoms with Gasteiger partial charge in [0.05, 0.1) is 0 Å². The van der Waals surface area contributed by atoms with E-state index in [0.717, 1.165) is 24.8 Å². The van der Waals surface area contributed by atoms with E-state index >= 15 is 4.39 Å². The van der Waals surface area contributed by atoms with Gasteiger partial charge in [-0.15, -0.1) is 0 Å². The van der Waals surface area contributed by atoms with Crippen LogP contribution in [-0.2, 0) is 14.3 Å². The Balaban J connectivity index is 1.64. The summed E-state index contributed by atoms with van der Waals surface area (Å²) in [5.41, 5.74) is 0.689. The molecule has 0 saturated heterocycles. The molecule has 0 unspecified atom stereocenters. The third kappa shape index (κ3) is 2.29. The number of hydrogen-bond donors (Lipinski definition) is 0. The van der Waals surface area contributed by atoms with Crippen molar-refractivity contribution in [3.63, 3.8) is 0 Å². The predicted molar refractivity (Wildman–Crippen MR) is 87.6 cm³/mol. The van der Waals surface area contributed by atoms with Crippen molar-refractivity contribution in [1.29, 1.82) is 0 Å². The van der Waals surface area contributed by atoms with E-state index in [0.29, 0.717) is 30.9 Å². The van der Waals surface area contributed by atoms with Crippen molar-refractivity contribution < 1.29 is 18.7 Å². The van der Waals surface area contributed by atoms with Gasteiger partial charge in [0.1, 0.15) is 17.7 Å². The first-order valence-corrected chi connectivity index (χ1v) is 9.16. The molecule has 2 saturated carbocycles. The Morgan fingerprint density at radius 3 is 2.88 bits per heavy atom. The van der Waals surface area contributed by atoms with Crippen LogP contribution in [0.1, 0.15) is 52.4 Å². The molecule has 4 heteroatoms. The summed E-state index contributed by atoms with van der Waals surface area (Å²) in [5.74, 6) is 1.51. The zero-order valence-corrected chi connectivity index (χ0v) is 14.4. The molecule has 6 atom stereocenters. The number of hydrogen-bond acceptors (Lipinski definition) is 3. The van der Waals surface area contributed by atoms with Crippen LogP contribution in [0.2, 0.25) is 0 Å². The molecule has 0 N–H and O–H groups in total. The average molecular weight is 332 g/mol. The molecule has 4 aliphatic carbocycles. The standard InChI is InChI=1S/C20H25FO3/c1-11(22)24-13-4-6-14-12(9-13)3-5-15-16-7-8-18(23)20(16,2)10-17(21)19(14)15/h3,9,14-17,19H,4-8,10H2,1-2H3/t14-,15-,16-,17-,19+,20-/m0/s1. The number of Topliss-reactive ketones (excluding diaryl/α,β-unsaturated/α-hetero) is 1. The number of ether oxygens (including phenoxy) is 1. The number of ketones is 1. The normalized spacial score (nSPS) is 44.0. The topological polar surface area (TPSA) is 43.4 Å². The highest BCUT2D eigenvalue weighted by Gasteiger charge is 2.59. The molecule has 0 aromatic rings. The van der Waals surface area contributed by atoms with Gasteiger partial charge in [0.15, 0.2) is 0 Å². The van der Waals surface area contributed by atoms with E-state index in [9.17, 15) is 9.59 Å². The highest BCUT2D eigenvalue weighted by Crippen LogP contribution is 2.60. The average Bonchev–Trinajstić information content (AvgIpc) is 2.81. The molecule has 0 aromatic heterocycles. The fourth-order valence-corrected chi connectivity index (χ4v) is 5.99. The molecule has 0 aliphatic heterocycles. The Morgan fingerprint density at radius 2 is 2.12 bits per heavy atom. The van der Waals surface area contributed by atoms with Gasteiger partial charge in [-0.05, 0) is 55.1 Å². The lowest BCUT2D eigenvalue weighted by molar-refractivity contribution is -0.137. The van der Waals surface area contributed by atoms with E-state index in [1.807, 2.05) is 13.0 Å². The molecule has 0 aromatic carbocycles. The van der Waals surface area contributed by atoms with Crippen LogP contribution in [0.3, 0.4) is 0 Å². The van der Waals surface area contributed by atoms with Gasteiger partial charge >= 0.3 is 5.97 Å². The zero-order valence-electron chi connectivity index (χ0n) is 14.4. The van der Waals surface area contributed by atoms with Crippen LogP contribution in [0.15, 0.2) is 23.5 Å². The Kier molecular flexibility index (Phi) is 3.70. The summed E-state index contributed by atoms with van der Waals surface area (Å²) < 4.78 is 20.4. The second-order valence-electron chi connectivity index (χ2n) is 8.24. The van der Waals surface area contributed by atoms with Crippen molar-refractivity contribution in [2.45, 2.75) is 58.5 Å². The fraction of sp³-hybridized carbons (Fsp3) is 0.700. The SMILES string of the molecule is CC(=O)OC1=CC2=CC[C@@H]3[C@H]([C@@H](F)C[C@]4(C)C(=O)CC[C@@H]34)[C@H]2CC1. The van der Waals surface area contributed by atoms with Crippen molar-refractivity contribution in [2.75, 3.05) is 0 Å². The zero-order chi connectivity index (χ0) is 17.1. The van der Waals surface area contributed by atoms with Crippen LogP contribution in [0, 0.1) is 29.1 Å². The second-order valence-corrected chi connectivity index (χ2v) is 8.24. The first-order chi connectivity index (χ1) is 11.4. The van der Waals surface area contributed by atoms with Crippen LogP contribution in [-0.4, -0.2) is 17.9 Å². The van der Waals surface area contributed by atoms with E-state index in [1.165, 1.54) is 6.92 Å². The van der Waals surface area contributed by atoms with Gasteiger partial charge < -0.3 is 4.74 Å². The Bertz CT molecular complexity index is 649. The van der Waals surface area contributed by atoms with Gasteiger partial charge in [0.2, 0.25) is 0 Å². The molecule has 4 aliphatic rings. The van der Waals surface area contributed by atoms with E-state index < -0.39 is 11.6 Å². The molecule has 4 rings (SSSR count). The van der Waals surface area contributed by atoms with Crippen molar-refractivity contribution in [1.82, 2.24) is 0 Å². The minimum atomic E-state index is -0.907. The number of carbonyl (C=O) groups excluding carboxylic acids is 2. The van der Waals surface area contributed by atoms with Gasteiger partial charge in [-0.2, -0.15) is 0 Å². The maximum Gasteiger partial charge on any atom is 0.307 e.